The Morgan fingerprint density at radius 3 is 2.06 bits per heavy atom. The molecule has 0 amide bonds. The van der Waals surface area contributed by atoms with Gasteiger partial charge in [-0.05, 0) is 106 Å². The first-order valence-corrected chi connectivity index (χ1v) is 16.1. The number of benzene rings is 5. The SMILES string of the molecule is CC(C)c1cc(-c2ccccc2)cc(C(C)C)c1-n1c(C2=C=C=c3oc4ccc(-c5ccc(F)cc5)cc4c3=C2)nc2ccccc21. The zero-order chi connectivity index (χ0) is 32.2. The highest BCUT2D eigenvalue weighted by Gasteiger charge is 2.24. The summed E-state index contributed by atoms with van der Waals surface area (Å²) in [6.45, 7) is 9.05. The van der Waals surface area contributed by atoms with Crippen molar-refractivity contribution in [3.05, 3.63) is 148 Å². The van der Waals surface area contributed by atoms with Crippen molar-refractivity contribution in [2.45, 2.75) is 39.5 Å². The third-order valence-electron chi connectivity index (χ3n) is 9.05. The van der Waals surface area contributed by atoms with Gasteiger partial charge in [-0.25, -0.2) is 9.37 Å². The summed E-state index contributed by atoms with van der Waals surface area (Å²) in [6.07, 6.45) is 2.12. The number of fused-ring (bicyclic) bond motifs is 4. The number of aromatic nitrogens is 2. The highest BCUT2D eigenvalue weighted by molar-refractivity contribution is 5.96. The monoisotopic (exact) mass is 612 g/mol. The fourth-order valence-electron chi connectivity index (χ4n) is 6.65. The van der Waals surface area contributed by atoms with Crippen molar-refractivity contribution in [3.8, 4) is 27.9 Å². The maximum Gasteiger partial charge on any atom is 0.185 e. The van der Waals surface area contributed by atoms with E-state index in [2.05, 4.69) is 117 Å². The van der Waals surface area contributed by atoms with Crippen LogP contribution in [0.25, 0.3) is 67.3 Å². The highest BCUT2D eigenvalue weighted by atomic mass is 19.1. The highest BCUT2D eigenvalue weighted by Crippen LogP contribution is 2.39. The van der Waals surface area contributed by atoms with Crippen LogP contribution >= 0.6 is 0 Å². The standard InChI is InChI=1S/C43H33FN2O/c1-26(2)34-24-32(28-10-6-5-7-11-28)25-35(27(3)4)42(34)46-39-13-9-8-12-38(39)45-43(46)31-17-21-41-37(23-31)36-22-30(16-20-40(36)47-41)29-14-18-33(44)19-15-29/h5-16,18-20,22-27H,1-4H3. The fraction of sp³-hybridized carbons (Fsp3) is 0.140. The summed E-state index contributed by atoms with van der Waals surface area (Å²) in [5, 5.41) is 1.90. The molecule has 1 aliphatic carbocycles. The molecule has 7 aromatic rings. The van der Waals surface area contributed by atoms with Crippen molar-refractivity contribution < 1.29 is 8.81 Å². The molecule has 0 atom stereocenters. The minimum absolute atomic E-state index is 0.253. The molecule has 228 valence electrons. The Morgan fingerprint density at radius 1 is 0.681 bits per heavy atom. The third kappa shape index (κ3) is 4.96. The van der Waals surface area contributed by atoms with Crippen molar-refractivity contribution in [3.63, 3.8) is 0 Å². The number of rotatable bonds is 6. The van der Waals surface area contributed by atoms with E-state index in [1.54, 1.807) is 12.1 Å². The Hall–Kier alpha value is -5.66. The summed E-state index contributed by atoms with van der Waals surface area (Å²) in [4.78, 5) is 5.23. The Kier molecular flexibility index (Phi) is 6.92. The van der Waals surface area contributed by atoms with E-state index in [9.17, 15) is 4.39 Å². The minimum Gasteiger partial charge on any atom is -0.447 e. The smallest absolute Gasteiger partial charge is 0.185 e. The summed E-state index contributed by atoms with van der Waals surface area (Å²) in [5.41, 5.74) is 19.0. The van der Waals surface area contributed by atoms with Gasteiger partial charge in [0.15, 0.2) is 11.2 Å². The van der Waals surface area contributed by atoms with Gasteiger partial charge in [0.05, 0.1) is 22.3 Å². The topological polar surface area (TPSA) is 31.0 Å². The number of halogens is 1. The van der Waals surface area contributed by atoms with Crippen LogP contribution < -0.4 is 10.6 Å². The Morgan fingerprint density at radius 2 is 1.34 bits per heavy atom. The van der Waals surface area contributed by atoms with Crippen LogP contribution in [0.15, 0.2) is 119 Å². The second kappa shape index (κ2) is 11.3. The maximum absolute atomic E-state index is 13.7. The van der Waals surface area contributed by atoms with E-state index < -0.39 is 0 Å². The molecule has 3 nitrogen and oxygen atoms in total. The Balaban J connectivity index is 1.37. The molecule has 2 aromatic heterocycles. The van der Waals surface area contributed by atoms with Crippen LogP contribution in [0.4, 0.5) is 4.39 Å². The zero-order valence-corrected chi connectivity index (χ0v) is 26.8. The first-order valence-electron chi connectivity index (χ1n) is 16.1. The Labute approximate surface area is 273 Å². The maximum atomic E-state index is 13.7. The predicted molar refractivity (Wildman–Crippen MR) is 190 cm³/mol. The third-order valence-corrected chi connectivity index (χ3v) is 9.05. The minimum atomic E-state index is -0.253. The summed E-state index contributed by atoms with van der Waals surface area (Å²) in [5.74, 6) is 1.09. The molecule has 0 spiro atoms. The van der Waals surface area contributed by atoms with Crippen LogP contribution in [0, 0.1) is 5.82 Å². The van der Waals surface area contributed by atoms with Crippen LogP contribution in [0.1, 0.15) is 56.5 Å². The average Bonchev–Trinajstić information content (AvgIpc) is 3.66. The van der Waals surface area contributed by atoms with E-state index in [1.807, 2.05) is 18.2 Å². The van der Waals surface area contributed by atoms with Gasteiger partial charge in [-0.1, -0.05) is 94.1 Å². The van der Waals surface area contributed by atoms with E-state index in [1.165, 1.54) is 40.1 Å². The molecule has 0 N–H and O–H groups in total. The molecular formula is C43H33FN2O. The molecule has 0 radical (unpaired) electrons. The first-order chi connectivity index (χ1) is 22.9. The van der Waals surface area contributed by atoms with Crippen LogP contribution in [-0.4, -0.2) is 9.55 Å². The average molecular weight is 613 g/mol. The van der Waals surface area contributed by atoms with Gasteiger partial charge < -0.3 is 4.42 Å². The first kappa shape index (κ1) is 28.8. The largest absolute Gasteiger partial charge is 0.447 e. The molecule has 4 heteroatoms. The van der Waals surface area contributed by atoms with Gasteiger partial charge in [0, 0.05) is 10.6 Å². The van der Waals surface area contributed by atoms with Crippen molar-refractivity contribution in [1.82, 2.24) is 9.55 Å². The van der Waals surface area contributed by atoms with Gasteiger partial charge in [0.1, 0.15) is 11.4 Å². The fourth-order valence-corrected chi connectivity index (χ4v) is 6.65. The number of imidazole rings is 1. The molecule has 0 saturated carbocycles. The van der Waals surface area contributed by atoms with Crippen LogP contribution in [0.2, 0.25) is 0 Å². The van der Waals surface area contributed by atoms with Gasteiger partial charge in [-0.2, -0.15) is 0 Å². The second-order valence-electron chi connectivity index (χ2n) is 12.8. The summed E-state index contributed by atoms with van der Waals surface area (Å²) in [7, 11) is 0. The van der Waals surface area contributed by atoms with E-state index >= 15 is 0 Å². The molecule has 0 saturated heterocycles. The second-order valence-corrected chi connectivity index (χ2v) is 12.8. The van der Waals surface area contributed by atoms with E-state index in [-0.39, 0.29) is 17.7 Å². The lowest BCUT2D eigenvalue weighted by molar-refractivity contribution is 0.576. The lowest BCUT2D eigenvalue weighted by Gasteiger charge is -2.24. The van der Waals surface area contributed by atoms with Crippen LogP contribution in [0.5, 0.6) is 0 Å². The van der Waals surface area contributed by atoms with Gasteiger partial charge in [-0.3, -0.25) is 4.57 Å². The van der Waals surface area contributed by atoms with E-state index in [0.717, 1.165) is 49.7 Å². The number of furan rings is 1. The summed E-state index contributed by atoms with van der Waals surface area (Å²) >= 11 is 0. The Bertz CT molecular complexity index is 2510. The summed E-state index contributed by atoms with van der Waals surface area (Å²) < 4.78 is 22.2. The zero-order valence-electron chi connectivity index (χ0n) is 26.8. The number of hydrogen-bond donors (Lipinski definition) is 0. The number of para-hydroxylation sites is 2. The molecule has 47 heavy (non-hydrogen) atoms. The number of allylic oxidation sites excluding steroid dienone is 1. The summed E-state index contributed by atoms with van der Waals surface area (Å²) in [6, 6.07) is 36.3. The predicted octanol–water partition coefficient (Wildman–Crippen LogP) is 9.90. The van der Waals surface area contributed by atoms with Gasteiger partial charge in [0.2, 0.25) is 0 Å². The molecule has 5 aromatic carbocycles. The molecule has 0 fully saturated rings. The van der Waals surface area contributed by atoms with Gasteiger partial charge in [-0.15, -0.1) is 0 Å². The van der Waals surface area contributed by atoms with Crippen molar-refractivity contribution in [2.75, 3.05) is 0 Å². The molecule has 0 aliphatic heterocycles. The molecule has 8 rings (SSSR count). The number of hydrogen-bond acceptors (Lipinski definition) is 2. The van der Waals surface area contributed by atoms with Crippen molar-refractivity contribution in [2.24, 2.45) is 0 Å². The van der Waals surface area contributed by atoms with Crippen LogP contribution in [0.3, 0.4) is 0 Å². The molecule has 2 heterocycles. The molecular weight excluding hydrogens is 579 g/mol. The van der Waals surface area contributed by atoms with Crippen molar-refractivity contribution in [1.29, 1.82) is 0 Å². The van der Waals surface area contributed by atoms with Crippen LogP contribution in [-0.2, 0) is 0 Å². The number of nitrogens with zero attached hydrogens (tertiary/aromatic N) is 2. The van der Waals surface area contributed by atoms with Gasteiger partial charge >= 0.3 is 0 Å². The molecule has 1 aliphatic rings. The van der Waals surface area contributed by atoms with Crippen molar-refractivity contribution >= 4 is 39.4 Å². The van der Waals surface area contributed by atoms with Gasteiger partial charge in [0.25, 0.3) is 0 Å². The van der Waals surface area contributed by atoms with E-state index in [0.29, 0.717) is 5.42 Å². The lowest BCUT2D eigenvalue weighted by atomic mass is 9.88. The molecule has 0 bridgehead atoms. The molecule has 0 unspecified atom stereocenters. The lowest BCUT2D eigenvalue weighted by Crippen LogP contribution is -2.20. The quantitative estimate of drug-likeness (QED) is 0.175. The van der Waals surface area contributed by atoms with E-state index in [4.69, 9.17) is 9.40 Å². The normalized spacial score (nSPS) is 12.4.